The Morgan fingerprint density at radius 3 is 2.11 bits per heavy atom. The third kappa shape index (κ3) is 6.60. The Balaban J connectivity index is 1.57. The summed E-state index contributed by atoms with van der Waals surface area (Å²) in [7, 11) is -2.09. The lowest BCUT2D eigenvalue weighted by atomic mass is 9.81. The fourth-order valence-corrected chi connectivity index (χ4v) is 11.9. The van der Waals surface area contributed by atoms with Gasteiger partial charge in [0, 0.05) is 28.8 Å². The lowest BCUT2D eigenvalue weighted by molar-refractivity contribution is -0.129. The van der Waals surface area contributed by atoms with Crippen molar-refractivity contribution in [2.45, 2.75) is 90.3 Å². The van der Waals surface area contributed by atoms with E-state index in [0.717, 1.165) is 40.1 Å². The molecule has 12 heteroatoms. The summed E-state index contributed by atoms with van der Waals surface area (Å²) in [6.45, 7) is 15.7. The topological polar surface area (TPSA) is 85.7 Å². The van der Waals surface area contributed by atoms with Crippen LogP contribution >= 0.6 is 35.0 Å². The maximum Gasteiger partial charge on any atom is 0.407 e. The number of benzene rings is 2. The highest BCUT2D eigenvalue weighted by molar-refractivity contribution is 8.18. The molecule has 0 bridgehead atoms. The highest BCUT2D eigenvalue weighted by atomic mass is 35.5. The second-order valence-electron chi connectivity index (χ2n) is 13.1. The van der Waals surface area contributed by atoms with Gasteiger partial charge in [0.05, 0.1) is 24.7 Å². The maximum atomic E-state index is 14.8. The van der Waals surface area contributed by atoms with E-state index in [0.29, 0.717) is 21.5 Å². The summed E-state index contributed by atoms with van der Waals surface area (Å²) in [6, 6.07) is 17.9. The molecule has 0 aliphatic carbocycles. The molecule has 2 amide bonds. The second kappa shape index (κ2) is 14.2. The van der Waals surface area contributed by atoms with Crippen molar-refractivity contribution in [1.29, 1.82) is 0 Å². The van der Waals surface area contributed by atoms with Crippen LogP contribution in [-0.4, -0.2) is 77.1 Å². The number of thioether (sulfide) groups is 1. The number of hydrogen-bond acceptors (Lipinski definition) is 6. The monoisotopic (exact) mass is 716 g/mol. The number of likely N-dealkylation sites (N-methyl/N-ethyl adjacent to an activating group) is 1. The quantitative estimate of drug-likeness (QED) is 0.234. The van der Waals surface area contributed by atoms with Gasteiger partial charge in [-0.3, -0.25) is 4.79 Å². The molecule has 4 atom stereocenters. The third-order valence-electron chi connectivity index (χ3n) is 10.2. The molecule has 2 aromatic rings. The molecule has 3 heterocycles. The average Bonchev–Trinajstić information content (AvgIpc) is 3.71. The first kappa shape index (κ1) is 35.8. The van der Waals surface area contributed by atoms with Crippen LogP contribution in [0.5, 0.6) is 0 Å². The number of halogens is 2. The van der Waals surface area contributed by atoms with E-state index in [1.165, 1.54) is 16.7 Å². The second-order valence-corrected chi connectivity index (χ2v) is 19.7. The van der Waals surface area contributed by atoms with Crippen LogP contribution in [0.4, 0.5) is 4.79 Å². The number of allylic oxidation sites excluding steroid dienone is 1. The summed E-state index contributed by atoms with van der Waals surface area (Å²) in [5.41, 5.74) is 2.30. The number of amidine groups is 1. The fourth-order valence-electron chi connectivity index (χ4n) is 7.37. The molecule has 254 valence electrons. The summed E-state index contributed by atoms with van der Waals surface area (Å²) in [4.78, 5) is 38.5. The van der Waals surface area contributed by atoms with Crippen molar-refractivity contribution < 1.29 is 19.1 Å². The number of hydrogen-bond donors (Lipinski definition) is 1. The molecule has 5 rings (SSSR count). The normalized spacial score (nSPS) is 24.3. The molecule has 8 nitrogen and oxygen atoms in total. The number of carboxylic acid groups (broad SMARTS) is 1. The first-order valence-electron chi connectivity index (χ1n) is 16.6. The summed E-state index contributed by atoms with van der Waals surface area (Å²) < 4.78 is 6.92. The minimum atomic E-state index is -2.09. The van der Waals surface area contributed by atoms with Crippen molar-refractivity contribution >= 4 is 60.4 Å². The molecule has 3 aliphatic heterocycles. The van der Waals surface area contributed by atoms with Crippen molar-refractivity contribution in [1.82, 2.24) is 14.7 Å². The van der Waals surface area contributed by atoms with Gasteiger partial charge in [-0.15, -0.1) is 0 Å². The molecule has 2 aromatic carbocycles. The number of amides is 2. The molecule has 1 saturated heterocycles. The van der Waals surface area contributed by atoms with Crippen LogP contribution in [0, 0.1) is 5.92 Å². The Morgan fingerprint density at radius 2 is 1.60 bits per heavy atom. The summed E-state index contributed by atoms with van der Waals surface area (Å²) in [5, 5.41) is 12.1. The lowest BCUT2D eigenvalue weighted by Crippen LogP contribution is -2.52. The fraction of sp³-hybridized carbons (Fsp3) is 0.514. The highest BCUT2D eigenvalue weighted by Gasteiger charge is 2.54. The number of carbonyl (C=O) groups is 2. The predicted molar refractivity (Wildman–Crippen MR) is 195 cm³/mol. The number of carbonyl (C=O) groups excluding carboxylic acids is 1. The molecular weight excluding hydrogens is 671 g/mol. The Hall–Kier alpha value is -2.50. The van der Waals surface area contributed by atoms with Crippen molar-refractivity contribution in [3.63, 3.8) is 0 Å². The van der Waals surface area contributed by atoms with E-state index >= 15 is 0 Å². The molecule has 3 aliphatic rings. The van der Waals surface area contributed by atoms with Gasteiger partial charge in [-0.1, -0.05) is 82.1 Å². The Bertz CT molecular complexity index is 1540. The van der Waals surface area contributed by atoms with E-state index in [4.69, 9.17) is 32.6 Å². The van der Waals surface area contributed by atoms with Crippen molar-refractivity contribution in [2.24, 2.45) is 10.9 Å². The van der Waals surface area contributed by atoms with Gasteiger partial charge >= 0.3 is 6.09 Å². The number of fused-ring (bicyclic) bond motifs is 1. The van der Waals surface area contributed by atoms with Crippen LogP contribution in [-0.2, 0) is 14.8 Å². The molecule has 0 radical (unpaired) electrons. The van der Waals surface area contributed by atoms with Gasteiger partial charge in [-0.25, -0.2) is 9.79 Å². The predicted octanol–water partition coefficient (Wildman–Crippen LogP) is 8.84. The maximum absolute atomic E-state index is 14.8. The molecule has 47 heavy (non-hydrogen) atoms. The number of nitrogens with zero attached hydrogens (tertiary/aromatic N) is 4. The van der Waals surface area contributed by atoms with Crippen LogP contribution < -0.4 is 0 Å². The first-order valence-corrected chi connectivity index (χ1v) is 20.7. The van der Waals surface area contributed by atoms with Gasteiger partial charge in [0.1, 0.15) is 10.4 Å². The molecule has 0 aromatic heterocycles. The zero-order valence-electron chi connectivity index (χ0n) is 28.3. The van der Waals surface area contributed by atoms with Crippen LogP contribution in [0.1, 0.15) is 65.6 Å². The minimum absolute atomic E-state index is 0.00157. The van der Waals surface area contributed by atoms with Crippen LogP contribution in [0.2, 0.25) is 28.2 Å². The largest absolute Gasteiger partial charge is 0.465 e. The average molecular weight is 718 g/mol. The zero-order valence-corrected chi connectivity index (χ0v) is 31.6. The van der Waals surface area contributed by atoms with E-state index in [1.807, 2.05) is 60.4 Å². The molecular formula is C35H46Cl2N4O4SSi. The van der Waals surface area contributed by atoms with E-state index in [1.54, 1.807) is 0 Å². The number of aliphatic imine (C=N–C) groups is 1. The van der Waals surface area contributed by atoms with E-state index in [9.17, 15) is 14.7 Å². The molecule has 0 saturated carbocycles. The Kier molecular flexibility index (Phi) is 10.8. The van der Waals surface area contributed by atoms with Crippen LogP contribution in [0.25, 0.3) is 0 Å². The van der Waals surface area contributed by atoms with Crippen molar-refractivity contribution in [3.8, 4) is 0 Å². The molecule has 0 spiro atoms. The van der Waals surface area contributed by atoms with Crippen molar-refractivity contribution in [3.05, 3.63) is 80.3 Å². The Labute approximate surface area is 294 Å². The van der Waals surface area contributed by atoms with Gasteiger partial charge in [0.15, 0.2) is 13.5 Å². The van der Waals surface area contributed by atoms with Gasteiger partial charge in [-0.05, 0) is 85.1 Å². The molecule has 1 fully saturated rings. The van der Waals surface area contributed by atoms with Crippen molar-refractivity contribution in [2.75, 3.05) is 19.6 Å². The number of likely N-dealkylation sites (tertiary alicyclic amines) is 1. The standard InChI is InChI=1S/C35H46Cl2N4O4SSi/c1-8-40(27-20-39(34(43)44)21-28(27)45-47(9-2,10-3)11-4)32(42)30-29(22(5)6)41-31(23-12-16-25(36)17-13-23)35(7,38-33(41)46-30)24-14-18-26(37)19-15-24/h12-19,22,27-28,31H,8-11,20-21H2,1-7H3,(H,43,44)/t27-,28-,31+,35-/m0/s1. The molecule has 0 unspecified atom stereocenters. The summed E-state index contributed by atoms with van der Waals surface area (Å²) >= 11 is 14.0. The summed E-state index contributed by atoms with van der Waals surface area (Å²) in [6.07, 6.45) is -1.36. The van der Waals surface area contributed by atoms with Gasteiger partial charge < -0.3 is 24.2 Å². The SMILES string of the molecule is CCN(C(=O)C1=C(C(C)C)N2C(=N[C@@](C)(c3ccc(Cl)cc3)[C@H]2c2ccc(Cl)cc2)S1)[C@H]1CN(C(=O)O)C[C@@H]1O[Si](CC)(CC)CC. The van der Waals surface area contributed by atoms with Gasteiger partial charge in [-0.2, -0.15) is 0 Å². The first-order chi connectivity index (χ1) is 22.3. The minimum Gasteiger partial charge on any atom is -0.465 e. The molecule has 1 N–H and O–H groups in total. The number of rotatable bonds is 11. The zero-order chi connectivity index (χ0) is 34.3. The van der Waals surface area contributed by atoms with E-state index in [-0.39, 0.29) is 43.1 Å². The van der Waals surface area contributed by atoms with E-state index in [2.05, 4.69) is 46.4 Å². The highest BCUT2D eigenvalue weighted by Crippen LogP contribution is 2.56. The van der Waals surface area contributed by atoms with Gasteiger partial charge in [0.2, 0.25) is 0 Å². The smallest absolute Gasteiger partial charge is 0.407 e. The summed E-state index contributed by atoms with van der Waals surface area (Å²) in [5.74, 6) is -0.106. The lowest BCUT2D eigenvalue weighted by Gasteiger charge is -2.38. The Morgan fingerprint density at radius 1 is 1.02 bits per heavy atom. The van der Waals surface area contributed by atoms with Crippen LogP contribution in [0.3, 0.4) is 0 Å². The van der Waals surface area contributed by atoms with Gasteiger partial charge in [0.25, 0.3) is 5.91 Å². The third-order valence-corrected chi connectivity index (χ3v) is 16.4. The van der Waals surface area contributed by atoms with E-state index < -0.39 is 19.9 Å². The van der Waals surface area contributed by atoms with Crippen LogP contribution in [0.15, 0.2) is 64.1 Å².